The molecule has 1 heterocycles. The molecule has 0 saturated carbocycles. The number of benzene rings is 2. The van der Waals surface area contributed by atoms with Crippen molar-refractivity contribution in [2.75, 3.05) is 13.7 Å². The Morgan fingerprint density at radius 2 is 1.79 bits per heavy atom. The number of likely N-dealkylation sites (N-methyl/N-ethyl adjacent to an activating group) is 1. The molecule has 0 N–H and O–H groups in total. The minimum Gasteiger partial charge on any atom is -0.452 e. The third-order valence-corrected chi connectivity index (χ3v) is 4.90. The van der Waals surface area contributed by atoms with Crippen LogP contribution in [-0.4, -0.2) is 35.4 Å². The molecule has 3 aromatic rings. The van der Waals surface area contributed by atoms with E-state index in [1.165, 1.54) is 0 Å². The first-order chi connectivity index (χ1) is 13.4. The van der Waals surface area contributed by atoms with Crippen molar-refractivity contribution in [1.82, 2.24) is 9.88 Å². The molecule has 5 nitrogen and oxygen atoms in total. The Morgan fingerprint density at radius 3 is 2.50 bits per heavy atom. The summed E-state index contributed by atoms with van der Waals surface area (Å²) in [5.41, 5.74) is 3.94. The van der Waals surface area contributed by atoms with E-state index in [2.05, 4.69) is 4.98 Å². The van der Waals surface area contributed by atoms with Crippen LogP contribution in [0.4, 0.5) is 0 Å². The second-order valence-corrected chi connectivity index (χ2v) is 7.00. The number of carbonyl (C=O) groups excluding carboxylic acids is 2. The van der Waals surface area contributed by atoms with Gasteiger partial charge in [-0.25, -0.2) is 4.79 Å². The van der Waals surface area contributed by atoms with Gasteiger partial charge in [0.05, 0.1) is 17.1 Å². The summed E-state index contributed by atoms with van der Waals surface area (Å²) in [4.78, 5) is 31.2. The van der Waals surface area contributed by atoms with E-state index < -0.39 is 5.97 Å². The Labute approximate surface area is 165 Å². The van der Waals surface area contributed by atoms with Crippen molar-refractivity contribution < 1.29 is 14.3 Å². The molecule has 0 saturated heterocycles. The Morgan fingerprint density at radius 1 is 1.07 bits per heavy atom. The zero-order valence-electron chi connectivity index (χ0n) is 16.6. The number of pyridine rings is 1. The molecule has 0 aliphatic carbocycles. The first-order valence-electron chi connectivity index (χ1n) is 9.22. The maximum Gasteiger partial charge on any atom is 0.339 e. The van der Waals surface area contributed by atoms with Crippen molar-refractivity contribution in [3.8, 4) is 0 Å². The van der Waals surface area contributed by atoms with E-state index in [0.717, 1.165) is 27.7 Å². The van der Waals surface area contributed by atoms with Crippen LogP contribution in [0.3, 0.4) is 0 Å². The molecule has 0 aliphatic heterocycles. The normalized spacial score (nSPS) is 11.9. The van der Waals surface area contributed by atoms with E-state index in [1.54, 1.807) is 18.0 Å². The predicted octanol–water partition coefficient (Wildman–Crippen LogP) is 4.23. The lowest BCUT2D eigenvalue weighted by Crippen LogP contribution is -2.33. The van der Waals surface area contributed by atoms with E-state index in [-0.39, 0.29) is 18.6 Å². The lowest BCUT2D eigenvalue weighted by molar-refractivity contribution is -0.135. The summed E-state index contributed by atoms with van der Waals surface area (Å²) in [5.74, 6) is -0.772. The maximum atomic E-state index is 12.7. The first-order valence-corrected chi connectivity index (χ1v) is 9.22. The number of aromatic nitrogens is 1. The van der Waals surface area contributed by atoms with Crippen LogP contribution in [0.25, 0.3) is 10.9 Å². The molecular formula is C23H24N2O3. The summed E-state index contributed by atoms with van der Waals surface area (Å²) >= 11 is 0. The minimum atomic E-state index is -0.518. The van der Waals surface area contributed by atoms with Gasteiger partial charge >= 0.3 is 5.97 Å². The fourth-order valence-electron chi connectivity index (χ4n) is 3.12. The highest BCUT2D eigenvalue weighted by atomic mass is 16.5. The topological polar surface area (TPSA) is 59.5 Å². The average molecular weight is 376 g/mol. The second kappa shape index (κ2) is 8.21. The van der Waals surface area contributed by atoms with Crippen molar-refractivity contribution in [1.29, 1.82) is 0 Å². The van der Waals surface area contributed by atoms with E-state index in [4.69, 9.17) is 4.74 Å². The summed E-state index contributed by atoms with van der Waals surface area (Å²) in [6.45, 7) is 5.42. The van der Waals surface area contributed by atoms with Crippen LogP contribution in [-0.2, 0) is 9.53 Å². The fourth-order valence-corrected chi connectivity index (χ4v) is 3.12. The Bertz CT molecular complexity index is 1020. The van der Waals surface area contributed by atoms with Gasteiger partial charge in [-0.15, -0.1) is 0 Å². The van der Waals surface area contributed by atoms with Crippen LogP contribution in [0, 0.1) is 13.8 Å². The van der Waals surface area contributed by atoms with Gasteiger partial charge < -0.3 is 9.64 Å². The van der Waals surface area contributed by atoms with Crippen molar-refractivity contribution in [3.63, 3.8) is 0 Å². The molecule has 1 unspecified atom stereocenters. The molecule has 144 valence electrons. The number of carbonyl (C=O) groups is 2. The smallest absolute Gasteiger partial charge is 0.339 e. The Hall–Kier alpha value is -3.21. The molecule has 2 aromatic carbocycles. The molecule has 1 amide bonds. The molecule has 28 heavy (non-hydrogen) atoms. The fraction of sp³-hybridized carbons (Fsp3) is 0.261. The first kappa shape index (κ1) is 19.5. The summed E-state index contributed by atoms with van der Waals surface area (Å²) in [5, 5.41) is 0.731. The molecule has 1 atom stereocenters. The average Bonchev–Trinajstić information content (AvgIpc) is 2.71. The summed E-state index contributed by atoms with van der Waals surface area (Å²) < 4.78 is 5.34. The van der Waals surface area contributed by atoms with Gasteiger partial charge in [0.25, 0.3) is 5.91 Å². The highest BCUT2D eigenvalue weighted by Crippen LogP contribution is 2.21. The van der Waals surface area contributed by atoms with Gasteiger partial charge in [-0.2, -0.15) is 0 Å². The number of nitrogens with zero attached hydrogens (tertiary/aromatic N) is 2. The van der Waals surface area contributed by atoms with Gasteiger partial charge in [0.15, 0.2) is 6.61 Å². The third-order valence-electron chi connectivity index (χ3n) is 4.90. The van der Waals surface area contributed by atoms with Crippen LogP contribution in [0.1, 0.15) is 40.1 Å². The van der Waals surface area contributed by atoms with Gasteiger partial charge in [0.1, 0.15) is 0 Å². The number of esters is 1. The Balaban J connectivity index is 1.73. The molecule has 0 bridgehead atoms. The molecule has 3 rings (SSSR count). The van der Waals surface area contributed by atoms with Gasteiger partial charge in [-0.3, -0.25) is 9.78 Å². The van der Waals surface area contributed by atoms with Crippen LogP contribution >= 0.6 is 0 Å². The van der Waals surface area contributed by atoms with Crippen molar-refractivity contribution in [2.45, 2.75) is 26.8 Å². The van der Waals surface area contributed by atoms with E-state index in [9.17, 15) is 9.59 Å². The van der Waals surface area contributed by atoms with Crippen LogP contribution < -0.4 is 0 Å². The molecule has 0 radical (unpaired) electrons. The lowest BCUT2D eigenvalue weighted by atomic mass is 10.1. The Kier molecular flexibility index (Phi) is 5.73. The van der Waals surface area contributed by atoms with Gasteiger partial charge in [-0.1, -0.05) is 42.0 Å². The lowest BCUT2D eigenvalue weighted by Gasteiger charge is -2.25. The third kappa shape index (κ3) is 4.19. The number of hydrogen-bond acceptors (Lipinski definition) is 4. The second-order valence-electron chi connectivity index (χ2n) is 7.00. The molecular weight excluding hydrogens is 352 g/mol. The van der Waals surface area contributed by atoms with Gasteiger partial charge in [0.2, 0.25) is 0 Å². The van der Waals surface area contributed by atoms with Crippen molar-refractivity contribution in [2.24, 2.45) is 0 Å². The van der Waals surface area contributed by atoms with E-state index in [0.29, 0.717) is 5.56 Å². The summed E-state index contributed by atoms with van der Waals surface area (Å²) in [7, 11) is 1.71. The van der Waals surface area contributed by atoms with Crippen molar-refractivity contribution >= 4 is 22.8 Å². The largest absolute Gasteiger partial charge is 0.452 e. The summed E-state index contributed by atoms with van der Waals surface area (Å²) in [6, 6.07) is 17.1. The number of rotatable bonds is 5. The maximum absolute atomic E-state index is 12.7. The molecule has 5 heteroatoms. The minimum absolute atomic E-state index is 0.112. The monoisotopic (exact) mass is 376 g/mol. The molecule has 0 fully saturated rings. The molecule has 1 aromatic heterocycles. The zero-order valence-corrected chi connectivity index (χ0v) is 16.6. The number of fused-ring (bicyclic) bond motifs is 1. The van der Waals surface area contributed by atoms with Gasteiger partial charge in [-0.05, 0) is 44.5 Å². The molecule has 0 aliphatic rings. The van der Waals surface area contributed by atoms with Crippen LogP contribution in [0.5, 0.6) is 0 Å². The SMILES string of the molecule is Cc1ccc2nc(C)cc(C(=O)OCC(=O)N(C)C(C)c3ccccc3)c2c1. The highest BCUT2D eigenvalue weighted by molar-refractivity contribution is 6.04. The highest BCUT2D eigenvalue weighted by Gasteiger charge is 2.20. The van der Waals surface area contributed by atoms with E-state index >= 15 is 0 Å². The molecule has 0 spiro atoms. The number of amides is 1. The predicted molar refractivity (Wildman–Crippen MR) is 109 cm³/mol. The van der Waals surface area contributed by atoms with Crippen LogP contribution in [0.15, 0.2) is 54.6 Å². The standard InChI is InChI=1S/C23H24N2O3/c1-15-10-11-21-19(12-15)20(13-16(2)24-21)23(27)28-14-22(26)25(4)17(3)18-8-6-5-7-9-18/h5-13,17H,14H2,1-4H3. The van der Waals surface area contributed by atoms with Crippen molar-refractivity contribution in [3.05, 3.63) is 77.0 Å². The quantitative estimate of drug-likeness (QED) is 0.625. The summed E-state index contributed by atoms with van der Waals surface area (Å²) in [6.07, 6.45) is 0. The zero-order chi connectivity index (χ0) is 20.3. The number of ether oxygens (including phenoxy) is 1. The number of aryl methyl sites for hydroxylation is 2. The van der Waals surface area contributed by atoms with Crippen LogP contribution in [0.2, 0.25) is 0 Å². The van der Waals surface area contributed by atoms with E-state index in [1.807, 2.05) is 69.3 Å². The van der Waals surface area contributed by atoms with Gasteiger partial charge in [0, 0.05) is 18.1 Å². The number of hydrogen-bond donors (Lipinski definition) is 0.